The summed E-state index contributed by atoms with van der Waals surface area (Å²) in [5.74, 6) is 2.25. The van der Waals surface area contributed by atoms with Gasteiger partial charge in [0.05, 0.1) is 0 Å². The second-order valence-electron chi connectivity index (χ2n) is 6.10. The van der Waals surface area contributed by atoms with Gasteiger partial charge >= 0.3 is 0 Å². The predicted octanol–water partition coefficient (Wildman–Crippen LogP) is 5.82. The molecule has 0 heterocycles. The molecule has 2 aromatic carbocycles. The van der Waals surface area contributed by atoms with Crippen molar-refractivity contribution < 1.29 is 4.74 Å². The maximum atomic E-state index is 5.95. The van der Waals surface area contributed by atoms with Gasteiger partial charge in [-0.3, -0.25) is 0 Å². The molecule has 0 radical (unpaired) electrons. The average molecular weight is 289 g/mol. The summed E-state index contributed by atoms with van der Waals surface area (Å²) in [6.45, 7) is 8.65. The zero-order valence-corrected chi connectivity index (χ0v) is 13.3. The van der Waals surface area contributed by atoms with Crippen LogP contribution in [-0.4, -0.2) is 0 Å². The van der Waals surface area contributed by atoms with Gasteiger partial charge in [0.2, 0.25) is 0 Å². The fraction of sp³-hybridized carbons (Fsp3) is 0.333. The highest BCUT2D eigenvalue weighted by atomic mass is 35.5. The van der Waals surface area contributed by atoms with E-state index in [2.05, 4.69) is 39.8 Å². The molecule has 0 saturated carbocycles. The molecule has 0 spiro atoms. The van der Waals surface area contributed by atoms with E-state index in [1.807, 2.05) is 30.3 Å². The summed E-state index contributed by atoms with van der Waals surface area (Å²) in [6, 6.07) is 14.3. The molecule has 0 saturated heterocycles. The van der Waals surface area contributed by atoms with Crippen molar-refractivity contribution in [3.8, 4) is 11.5 Å². The first kappa shape index (κ1) is 14.9. The van der Waals surface area contributed by atoms with Crippen LogP contribution in [0.2, 0.25) is 0 Å². The number of benzene rings is 2. The molecule has 0 fully saturated rings. The summed E-state index contributed by atoms with van der Waals surface area (Å²) in [7, 11) is 0. The number of aryl methyl sites for hydroxylation is 1. The first-order chi connectivity index (χ1) is 9.40. The number of alkyl halides is 1. The van der Waals surface area contributed by atoms with Crippen molar-refractivity contribution >= 4 is 11.6 Å². The van der Waals surface area contributed by atoms with E-state index in [-0.39, 0.29) is 5.41 Å². The van der Waals surface area contributed by atoms with E-state index in [9.17, 15) is 0 Å². The second kappa shape index (κ2) is 5.88. The van der Waals surface area contributed by atoms with Crippen molar-refractivity contribution in [1.29, 1.82) is 0 Å². The van der Waals surface area contributed by atoms with Crippen LogP contribution in [0.1, 0.15) is 37.5 Å². The molecule has 0 aliphatic carbocycles. The van der Waals surface area contributed by atoms with E-state index in [0.717, 1.165) is 22.6 Å². The average Bonchev–Trinajstić information content (AvgIpc) is 2.38. The lowest BCUT2D eigenvalue weighted by Crippen LogP contribution is -2.10. The van der Waals surface area contributed by atoms with Gasteiger partial charge in [0.25, 0.3) is 0 Å². The van der Waals surface area contributed by atoms with E-state index in [1.54, 1.807) is 0 Å². The summed E-state index contributed by atoms with van der Waals surface area (Å²) in [5, 5.41) is 0. The minimum absolute atomic E-state index is 0.123. The highest BCUT2D eigenvalue weighted by molar-refractivity contribution is 6.17. The van der Waals surface area contributed by atoms with Gasteiger partial charge in [0, 0.05) is 5.88 Å². The van der Waals surface area contributed by atoms with Crippen LogP contribution >= 0.6 is 11.6 Å². The third-order valence-electron chi connectivity index (χ3n) is 3.39. The Bertz CT molecular complexity index is 597. The van der Waals surface area contributed by atoms with E-state index in [4.69, 9.17) is 16.3 Å². The SMILES string of the molecule is Cc1cc(Oc2cccc(C(C)(C)C)c2)ccc1CCl. The standard InChI is InChI=1S/C18H21ClO/c1-13-10-17(9-8-14(13)12-19)20-16-7-5-6-15(11-16)18(2,3)4/h5-11H,12H2,1-4H3. The zero-order chi connectivity index (χ0) is 14.8. The molecule has 2 heteroatoms. The van der Waals surface area contributed by atoms with Gasteiger partial charge < -0.3 is 4.74 Å². The van der Waals surface area contributed by atoms with Crippen LogP contribution in [0.25, 0.3) is 0 Å². The lowest BCUT2D eigenvalue weighted by Gasteiger charge is -2.19. The summed E-state index contributed by atoms with van der Waals surface area (Å²) in [4.78, 5) is 0. The van der Waals surface area contributed by atoms with Gasteiger partial charge in [0.1, 0.15) is 11.5 Å². The van der Waals surface area contributed by atoms with Crippen LogP contribution in [0.3, 0.4) is 0 Å². The molecular formula is C18H21ClO. The van der Waals surface area contributed by atoms with Crippen molar-refractivity contribution in [2.75, 3.05) is 0 Å². The Morgan fingerprint density at radius 2 is 1.70 bits per heavy atom. The maximum Gasteiger partial charge on any atom is 0.127 e. The maximum absolute atomic E-state index is 5.95. The van der Waals surface area contributed by atoms with E-state index in [1.165, 1.54) is 5.56 Å². The van der Waals surface area contributed by atoms with E-state index in [0.29, 0.717) is 5.88 Å². The van der Waals surface area contributed by atoms with Gasteiger partial charge in [-0.15, -0.1) is 11.6 Å². The monoisotopic (exact) mass is 288 g/mol. The number of ether oxygens (including phenoxy) is 1. The molecule has 0 amide bonds. The molecule has 0 unspecified atom stereocenters. The molecular weight excluding hydrogens is 268 g/mol. The third kappa shape index (κ3) is 3.55. The number of hydrogen-bond acceptors (Lipinski definition) is 1. The highest BCUT2D eigenvalue weighted by Gasteiger charge is 2.14. The Hall–Kier alpha value is -1.47. The lowest BCUT2D eigenvalue weighted by molar-refractivity contribution is 0.478. The quantitative estimate of drug-likeness (QED) is 0.646. The molecule has 0 aliphatic heterocycles. The molecule has 0 atom stereocenters. The Kier molecular flexibility index (Phi) is 4.39. The zero-order valence-electron chi connectivity index (χ0n) is 12.5. The van der Waals surface area contributed by atoms with Gasteiger partial charge in [0.15, 0.2) is 0 Å². The molecule has 1 nitrogen and oxygen atoms in total. The molecule has 2 rings (SSSR count). The third-order valence-corrected chi connectivity index (χ3v) is 3.68. The lowest BCUT2D eigenvalue weighted by atomic mass is 9.87. The van der Waals surface area contributed by atoms with Crippen molar-refractivity contribution in [2.24, 2.45) is 0 Å². The van der Waals surface area contributed by atoms with Crippen molar-refractivity contribution in [3.05, 3.63) is 59.2 Å². The largest absolute Gasteiger partial charge is 0.457 e. The number of rotatable bonds is 3. The van der Waals surface area contributed by atoms with Crippen molar-refractivity contribution in [3.63, 3.8) is 0 Å². The van der Waals surface area contributed by atoms with Gasteiger partial charge in [-0.05, 0) is 53.3 Å². The van der Waals surface area contributed by atoms with Crippen LogP contribution < -0.4 is 4.74 Å². The number of halogens is 1. The second-order valence-corrected chi connectivity index (χ2v) is 6.37. The normalized spacial score (nSPS) is 11.4. The van der Waals surface area contributed by atoms with Crippen molar-refractivity contribution in [2.45, 2.75) is 39.0 Å². The Morgan fingerprint density at radius 1 is 1.00 bits per heavy atom. The minimum Gasteiger partial charge on any atom is -0.457 e. The van der Waals surface area contributed by atoms with Crippen LogP contribution in [0.4, 0.5) is 0 Å². The van der Waals surface area contributed by atoms with E-state index < -0.39 is 0 Å². The predicted molar refractivity (Wildman–Crippen MR) is 86.0 cm³/mol. The first-order valence-electron chi connectivity index (χ1n) is 6.84. The van der Waals surface area contributed by atoms with E-state index >= 15 is 0 Å². The van der Waals surface area contributed by atoms with Crippen LogP contribution in [0.15, 0.2) is 42.5 Å². The Balaban J connectivity index is 2.24. The first-order valence-corrected chi connectivity index (χ1v) is 7.37. The topological polar surface area (TPSA) is 9.23 Å². The van der Waals surface area contributed by atoms with Gasteiger partial charge in [-0.25, -0.2) is 0 Å². The molecule has 20 heavy (non-hydrogen) atoms. The molecule has 0 aromatic heterocycles. The molecule has 0 bridgehead atoms. The highest BCUT2D eigenvalue weighted by Crippen LogP contribution is 2.29. The minimum atomic E-state index is 0.123. The summed E-state index contributed by atoms with van der Waals surface area (Å²) < 4.78 is 5.95. The van der Waals surface area contributed by atoms with Crippen molar-refractivity contribution in [1.82, 2.24) is 0 Å². The smallest absolute Gasteiger partial charge is 0.127 e. The van der Waals surface area contributed by atoms with Gasteiger partial charge in [-0.2, -0.15) is 0 Å². The Labute approximate surface area is 126 Å². The summed E-state index contributed by atoms with van der Waals surface area (Å²) >= 11 is 5.87. The molecule has 0 aliphatic rings. The molecule has 2 aromatic rings. The molecule has 106 valence electrons. The fourth-order valence-corrected chi connectivity index (χ4v) is 2.34. The van der Waals surface area contributed by atoms with Gasteiger partial charge in [-0.1, -0.05) is 39.0 Å². The Morgan fingerprint density at radius 3 is 2.30 bits per heavy atom. The fourth-order valence-electron chi connectivity index (χ4n) is 2.04. The van der Waals surface area contributed by atoms with Crippen LogP contribution in [-0.2, 0) is 11.3 Å². The van der Waals surface area contributed by atoms with Crippen LogP contribution in [0.5, 0.6) is 11.5 Å². The summed E-state index contributed by atoms with van der Waals surface area (Å²) in [6.07, 6.45) is 0. The molecule has 0 N–H and O–H groups in total. The van der Waals surface area contributed by atoms with Crippen LogP contribution in [0, 0.1) is 6.92 Å². The summed E-state index contributed by atoms with van der Waals surface area (Å²) in [5.41, 5.74) is 3.69. The number of hydrogen-bond donors (Lipinski definition) is 0.